The van der Waals surface area contributed by atoms with E-state index in [4.69, 9.17) is 16.9 Å². The molecule has 1 N–H and O–H groups in total. The maximum absolute atomic E-state index is 12.0. The van der Waals surface area contributed by atoms with Crippen LogP contribution in [0.2, 0.25) is 5.28 Å². The third-order valence-corrected chi connectivity index (χ3v) is 2.80. The van der Waals surface area contributed by atoms with E-state index in [0.717, 1.165) is 4.57 Å². The fourth-order valence-corrected chi connectivity index (χ4v) is 1.90. The highest BCUT2D eigenvalue weighted by Crippen LogP contribution is 2.09. The topological polar surface area (TPSA) is 96.5 Å². The van der Waals surface area contributed by atoms with Crippen molar-refractivity contribution in [3.05, 3.63) is 26.1 Å². The minimum absolute atomic E-state index is 0.0572. The Bertz CT molecular complexity index is 748. The van der Waals surface area contributed by atoms with Crippen LogP contribution in [0.5, 0.6) is 0 Å². The van der Waals surface area contributed by atoms with Gasteiger partial charge in [-0.3, -0.25) is 13.9 Å². The molecule has 0 aromatic carbocycles. The van der Waals surface area contributed by atoms with E-state index in [2.05, 4.69) is 9.97 Å². The summed E-state index contributed by atoms with van der Waals surface area (Å²) in [6, 6.07) is 2.00. The fraction of sp³-hybridized carbons (Fsp3) is 0.400. The zero-order valence-corrected chi connectivity index (χ0v) is 10.4. The van der Waals surface area contributed by atoms with E-state index < -0.39 is 11.2 Å². The molecule has 2 aromatic heterocycles. The number of unbranched alkanes of at least 4 members (excludes halogenated alkanes) is 1. The first-order valence-corrected chi connectivity index (χ1v) is 5.66. The maximum atomic E-state index is 12.0. The Morgan fingerprint density at radius 3 is 2.89 bits per heavy atom. The molecule has 2 aromatic rings. The lowest BCUT2D eigenvalue weighted by Crippen LogP contribution is -2.38. The van der Waals surface area contributed by atoms with Gasteiger partial charge in [0.2, 0.25) is 5.28 Å². The Kier molecular flexibility index (Phi) is 3.21. The van der Waals surface area contributed by atoms with Crippen molar-refractivity contribution in [3.8, 4) is 6.07 Å². The molecule has 94 valence electrons. The molecule has 0 bridgehead atoms. The van der Waals surface area contributed by atoms with E-state index >= 15 is 0 Å². The zero-order valence-electron chi connectivity index (χ0n) is 9.60. The highest BCUT2D eigenvalue weighted by atomic mass is 35.5. The largest absolute Gasteiger partial charge is 0.332 e. The molecule has 8 heteroatoms. The highest BCUT2D eigenvalue weighted by Gasteiger charge is 2.14. The minimum Gasteiger partial charge on any atom is -0.323 e. The summed E-state index contributed by atoms with van der Waals surface area (Å²) in [5, 5.41) is 8.55. The van der Waals surface area contributed by atoms with Crippen LogP contribution in [-0.2, 0) is 13.6 Å². The molecule has 0 spiro atoms. The van der Waals surface area contributed by atoms with Gasteiger partial charge in [0.1, 0.15) is 0 Å². The molecule has 0 fully saturated rings. The van der Waals surface area contributed by atoms with Crippen molar-refractivity contribution in [2.75, 3.05) is 0 Å². The number of imidazole rings is 1. The standard InChI is InChI=1S/C10H10ClN5O2/c1-15-8(17)6-7(14-9(11)13-6)16(10(15)18)5-3-2-4-12/h2-3,5H2,1H3,(H,13,14). The van der Waals surface area contributed by atoms with E-state index in [1.54, 1.807) is 0 Å². The first-order chi connectivity index (χ1) is 8.56. The molecular formula is C10H10ClN5O2. The summed E-state index contributed by atoms with van der Waals surface area (Å²) in [6.45, 7) is 0.318. The second kappa shape index (κ2) is 4.66. The van der Waals surface area contributed by atoms with Crippen LogP contribution in [0, 0.1) is 11.3 Å². The van der Waals surface area contributed by atoms with E-state index in [0.29, 0.717) is 19.4 Å². The molecule has 2 heterocycles. The van der Waals surface area contributed by atoms with Gasteiger partial charge < -0.3 is 4.98 Å². The van der Waals surface area contributed by atoms with E-state index in [9.17, 15) is 9.59 Å². The first-order valence-electron chi connectivity index (χ1n) is 5.28. The molecule has 0 amide bonds. The number of H-pyrrole nitrogens is 1. The van der Waals surface area contributed by atoms with Gasteiger partial charge in [-0.25, -0.2) is 4.79 Å². The van der Waals surface area contributed by atoms with Gasteiger partial charge in [0, 0.05) is 20.0 Å². The highest BCUT2D eigenvalue weighted by molar-refractivity contribution is 6.28. The van der Waals surface area contributed by atoms with Crippen molar-refractivity contribution in [3.63, 3.8) is 0 Å². The molecule has 0 aliphatic carbocycles. The Morgan fingerprint density at radius 1 is 1.50 bits per heavy atom. The van der Waals surface area contributed by atoms with Crippen molar-refractivity contribution >= 4 is 22.8 Å². The Morgan fingerprint density at radius 2 is 2.22 bits per heavy atom. The van der Waals surface area contributed by atoms with E-state index in [1.807, 2.05) is 6.07 Å². The third-order valence-electron chi connectivity index (χ3n) is 2.62. The molecular weight excluding hydrogens is 258 g/mol. The number of rotatable bonds is 3. The summed E-state index contributed by atoms with van der Waals surface area (Å²) >= 11 is 5.71. The molecule has 0 atom stereocenters. The lowest BCUT2D eigenvalue weighted by Gasteiger charge is -2.06. The number of hydrogen-bond donors (Lipinski definition) is 1. The minimum atomic E-state index is -0.467. The van der Waals surface area contributed by atoms with Crippen molar-refractivity contribution in [1.29, 1.82) is 5.26 Å². The predicted octanol–water partition coefficient (Wildman–Crippen LogP) is 0.380. The van der Waals surface area contributed by atoms with Gasteiger partial charge in [0.15, 0.2) is 11.2 Å². The molecule has 7 nitrogen and oxygen atoms in total. The zero-order chi connectivity index (χ0) is 13.3. The summed E-state index contributed by atoms with van der Waals surface area (Å²) in [5.74, 6) is 0. The molecule has 0 unspecified atom stereocenters. The number of nitrogens with zero attached hydrogens (tertiary/aromatic N) is 4. The van der Waals surface area contributed by atoms with Gasteiger partial charge in [-0.1, -0.05) is 0 Å². The van der Waals surface area contributed by atoms with E-state index in [-0.39, 0.29) is 16.4 Å². The summed E-state index contributed by atoms with van der Waals surface area (Å²) in [7, 11) is 1.39. The Hall–Kier alpha value is -2.07. The number of nitriles is 1. The van der Waals surface area contributed by atoms with Gasteiger partial charge in [0.05, 0.1) is 6.07 Å². The van der Waals surface area contributed by atoms with Crippen LogP contribution in [0.25, 0.3) is 11.2 Å². The molecule has 2 rings (SSSR count). The number of aromatic amines is 1. The number of aryl methyl sites for hydroxylation is 1. The van der Waals surface area contributed by atoms with Crippen LogP contribution in [0.3, 0.4) is 0 Å². The molecule has 0 radical (unpaired) electrons. The first kappa shape index (κ1) is 12.4. The number of nitrogens with one attached hydrogen (secondary N) is 1. The Balaban J connectivity index is 2.67. The summed E-state index contributed by atoms with van der Waals surface area (Å²) in [6.07, 6.45) is 0.836. The van der Waals surface area contributed by atoms with Crippen LogP contribution in [-0.4, -0.2) is 19.1 Å². The van der Waals surface area contributed by atoms with Gasteiger partial charge in [0.25, 0.3) is 5.56 Å². The molecule has 0 saturated heterocycles. The average molecular weight is 268 g/mol. The van der Waals surface area contributed by atoms with Crippen molar-refractivity contribution < 1.29 is 0 Å². The lowest BCUT2D eigenvalue weighted by molar-refractivity contribution is 0.597. The number of fused-ring (bicyclic) bond motifs is 1. The van der Waals surface area contributed by atoms with Crippen molar-refractivity contribution in [1.82, 2.24) is 19.1 Å². The summed E-state index contributed by atoms with van der Waals surface area (Å²) < 4.78 is 2.33. The Labute approximate surface area is 106 Å². The lowest BCUT2D eigenvalue weighted by atomic mass is 10.3. The van der Waals surface area contributed by atoms with Crippen LogP contribution in [0.4, 0.5) is 0 Å². The molecule has 18 heavy (non-hydrogen) atoms. The number of aromatic nitrogens is 4. The molecule has 0 aliphatic rings. The summed E-state index contributed by atoms with van der Waals surface area (Å²) in [5.41, 5.74) is -0.510. The SMILES string of the molecule is Cn1c(=O)c2[nH]c(Cl)nc2n(CCCC#N)c1=O. The van der Waals surface area contributed by atoms with Crippen LogP contribution in [0.1, 0.15) is 12.8 Å². The monoisotopic (exact) mass is 267 g/mol. The predicted molar refractivity (Wildman–Crippen MR) is 65.5 cm³/mol. The normalized spacial score (nSPS) is 10.7. The quantitative estimate of drug-likeness (QED) is 0.642. The van der Waals surface area contributed by atoms with Crippen molar-refractivity contribution in [2.45, 2.75) is 19.4 Å². The smallest absolute Gasteiger partial charge is 0.323 e. The maximum Gasteiger partial charge on any atom is 0.332 e. The summed E-state index contributed by atoms with van der Waals surface area (Å²) in [4.78, 5) is 30.3. The second-order valence-electron chi connectivity index (χ2n) is 3.79. The van der Waals surface area contributed by atoms with Crippen LogP contribution >= 0.6 is 11.6 Å². The third kappa shape index (κ3) is 1.91. The van der Waals surface area contributed by atoms with Crippen molar-refractivity contribution in [2.24, 2.45) is 7.05 Å². The average Bonchev–Trinajstić information content (AvgIpc) is 2.73. The number of hydrogen-bond acceptors (Lipinski definition) is 4. The van der Waals surface area contributed by atoms with E-state index in [1.165, 1.54) is 11.6 Å². The van der Waals surface area contributed by atoms with Gasteiger partial charge in [-0.2, -0.15) is 10.2 Å². The van der Waals surface area contributed by atoms with Gasteiger partial charge >= 0.3 is 5.69 Å². The molecule has 0 saturated carbocycles. The van der Waals surface area contributed by atoms with Crippen LogP contribution < -0.4 is 11.2 Å². The second-order valence-corrected chi connectivity index (χ2v) is 4.14. The molecule has 0 aliphatic heterocycles. The van der Waals surface area contributed by atoms with Crippen LogP contribution in [0.15, 0.2) is 9.59 Å². The van der Waals surface area contributed by atoms with Gasteiger partial charge in [-0.15, -0.1) is 0 Å². The number of halogens is 1. The van der Waals surface area contributed by atoms with Gasteiger partial charge in [-0.05, 0) is 18.0 Å². The fourth-order valence-electron chi connectivity index (χ4n) is 1.72.